The third-order valence-electron chi connectivity index (χ3n) is 6.09. The highest BCUT2D eigenvalue weighted by molar-refractivity contribution is 7.89. The van der Waals surface area contributed by atoms with Crippen molar-refractivity contribution in [2.45, 2.75) is 45.1 Å². The van der Waals surface area contributed by atoms with E-state index in [9.17, 15) is 18.0 Å². The van der Waals surface area contributed by atoms with E-state index in [0.717, 1.165) is 5.69 Å². The summed E-state index contributed by atoms with van der Waals surface area (Å²) in [5, 5.41) is 2.93. The van der Waals surface area contributed by atoms with Gasteiger partial charge in [0.2, 0.25) is 21.8 Å². The number of hydrogen-bond acceptors (Lipinski definition) is 6. The first-order chi connectivity index (χ1) is 15.2. The number of ether oxygens (including phenoxy) is 1. The summed E-state index contributed by atoms with van der Waals surface area (Å²) in [7, 11) is -3.70. The molecule has 2 fully saturated rings. The Kier molecular flexibility index (Phi) is 7.79. The number of benzene rings is 1. The molecule has 2 aliphatic rings. The maximum Gasteiger partial charge on any atom is 0.243 e. The molecule has 3 rings (SSSR count). The molecule has 2 aliphatic heterocycles. The predicted molar refractivity (Wildman–Crippen MR) is 123 cm³/mol. The lowest BCUT2D eigenvalue weighted by molar-refractivity contribution is -0.129. The molecule has 10 heteroatoms. The van der Waals surface area contributed by atoms with Gasteiger partial charge in [-0.3, -0.25) is 9.59 Å². The van der Waals surface area contributed by atoms with E-state index in [1.807, 2.05) is 27.7 Å². The van der Waals surface area contributed by atoms with E-state index in [4.69, 9.17) is 4.74 Å². The van der Waals surface area contributed by atoms with Crippen LogP contribution in [0.25, 0.3) is 0 Å². The monoisotopic (exact) mass is 466 g/mol. The summed E-state index contributed by atoms with van der Waals surface area (Å²) in [6.07, 6.45) is 0.163. The molecule has 0 bridgehead atoms. The summed E-state index contributed by atoms with van der Waals surface area (Å²) in [6, 6.07) is 4.91. The van der Waals surface area contributed by atoms with Gasteiger partial charge in [0.25, 0.3) is 0 Å². The lowest BCUT2D eigenvalue weighted by Crippen LogP contribution is -2.40. The van der Waals surface area contributed by atoms with Crippen LogP contribution in [-0.2, 0) is 24.3 Å². The molecule has 178 valence electrons. The van der Waals surface area contributed by atoms with Gasteiger partial charge in [0.05, 0.1) is 35.4 Å². The van der Waals surface area contributed by atoms with Crippen LogP contribution < -0.4 is 10.2 Å². The molecule has 1 unspecified atom stereocenters. The van der Waals surface area contributed by atoms with Gasteiger partial charge in [-0.25, -0.2) is 8.42 Å². The molecular weight excluding hydrogens is 432 g/mol. The van der Waals surface area contributed by atoms with E-state index in [-0.39, 0.29) is 29.2 Å². The fourth-order valence-electron chi connectivity index (χ4n) is 4.19. The second-order valence-electron chi connectivity index (χ2n) is 8.40. The van der Waals surface area contributed by atoms with Crippen molar-refractivity contribution in [3.63, 3.8) is 0 Å². The van der Waals surface area contributed by atoms with Gasteiger partial charge in [0.1, 0.15) is 0 Å². The van der Waals surface area contributed by atoms with Crippen LogP contribution in [0.3, 0.4) is 0 Å². The van der Waals surface area contributed by atoms with Crippen LogP contribution in [0.2, 0.25) is 0 Å². The third kappa shape index (κ3) is 5.07. The van der Waals surface area contributed by atoms with Crippen molar-refractivity contribution in [2.75, 3.05) is 56.2 Å². The molecule has 1 atom stereocenters. The Labute approximate surface area is 190 Å². The lowest BCUT2D eigenvalue weighted by Gasteiger charge is -2.28. The average molecular weight is 467 g/mol. The Hall–Kier alpha value is -2.17. The van der Waals surface area contributed by atoms with Gasteiger partial charge in [-0.2, -0.15) is 4.31 Å². The summed E-state index contributed by atoms with van der Waals surface area (Å²) in [5.41, 5.74) is 1.21. The number of rotatable bonds is 8. The molecule has 0 spiro atoms. The molecule has 1 N–H and O–H groups in total. The van der Waals surface area contributed by atoms with Gasteiger partial charge >= 0.3 is 0 Å². The number of carbonyl (C=O) groups is 2. The molecule has 32 heavy (non-hydrogen) atoms. The van der Waals surface area contributed by atoms with Crippen molar-refractivity contribution in [1.82, 2.24) is 9.21 Å². The minimum atomic E-state index is -3.70. The molecule has 0 aromatic heterocycles. The highest BCUT2D eigenvalue weighted by Gasteiger charge is 2.36. The Morgan fingerprint density at radius 2 is 1.88 bits per heavy atom. The van der Waals surface area contributed by atoms with Crippen LogP contribution in [0.5, 0.6) is 0 Å². The maximum atomic E-state index is 13.2. The Morgan fingerprint density at radius 3 is 2.44 bits per heavy atom. The Balaban J connectivity index is 1.90. The van der Waals surface area contributed by atoms with Gasteiger partial charge in [0, 0.05) is 45.2 Å². The number of anilines is 2. The number of nitrogens with zero attached hydrogens (tertiary/aromatic N) is 3. The van der Waals surface area contributed by atoms with E-state index in [1.54, 1.807) is 17.0 Å². The van der Waals surface area contributed by atoms with Crippen molar-refractivity contribution >= 4 is 33.2 Å². The largest absolute Gasteiger partial charge is 0.379 e. The second-order valence-corrected chi connectivity index (χ2v) is 10.3. The zero-order valence-corrected chi connectivity index (χ0v) is 20.2. The average Bonchev–Trinajstić information content (AvgIpc) is 3.18. The highest BCUT2D eigenvalue weighted by atomic mass is 32.2. The topological polar surface area (TPSA) is 99.3 Å². The number of morpholine rings is 1. The smallest absolute Gasteiger partial charge is 0.243 e. The minimum Gasteiger partial charge on any atom is -0.379 e. The number of carbonyl (C=O) groups excluding carboxylic acids is 2. The van der Waals surface area contributed by atoms with Crippen LogP contribution in [0, 0.1) is 5.92 Å². The zero-order valence-electron chi connectivity index (χ0n) is 19.3. The van der Waals surface area contributed by atoms with Crippen LogP contribution in [0.4, 0.5) is 11.4 Å². The van der Waals surface area contributed by atoms with Crippen molar-refractivity contribution in [2.24, 2.45) is 5.92 Å². The fourth-order valence-corrected chi connectivity index (χ4v) is 5.63. The molecule has 2 heterocycles. The Morgan fingerprint density at radius 1 is 1.22 bits per heavy atom. The van der Waals surface area contributed by atoms with Gasteiger partial charge in [-0.05, 0) is 45.9 Å². The zero-order chi connectivity index (χ0) is 23.5. The van der Waals surface area contributed by atoms with Crippen LogP contribution >= 0.6 is 0 Å². The van der Waals surface area contributed by atoms with E-state index >= 15 is 0 Å². The van der Waals surface area contributed by atoms with Crippen LogP contribution in [0.15, 0.2) is 23.1 Å². The van der Waals surface area contributed by atoms with E-state index in [0.29, 0.717) is 51.6 Å². The second kappa shape index (κ2) is 10.2. The van der Waals surface area contributed by atoms with Crippen molar-refractivity contribution in [3.05, 3.63) is 18.2 Å². The van der Waals surface area contributed by atoms with Crippen LogP contribution in [0.1, 0.15) is 34.1 Å². The third-order valence-corrected chi connectivity index (χ3v) is 7.99. The minimum absolute atomic E-state index is 0.0345. The molecule has 2 saturated heterocycles. The summed E-state index contributed by atoms with van der Waals surface area (Å²) in [5.74, 6) is -0.766. The quantitative estimate of drug-likeness (QED) is 0.627. The normalized spacial score (nSPS) is 20.1. The first-order valence-electron chi connectivity index (χ1n) is 11.3. The molecule has 2 amide bonds. The summed E-state index contributed by atoms with van der Waals surface area (Å²) in [6.45, 7) is 11.0. The predicted octanol–water partition coefficient (Wildman–Crippen LogP) is 1.75. The molecular formula is C22H34N4O5S. The Bertz CT molecular complexity index is 940. The summed E-state index contributed by atoms with van der Waals surface area (Å²) in [4.78, 5) is 29.2. The maximum absolute atomic E-state index is 13.2. The van der Waals surface area contributed by atoms with Gasteiger partial charge in [-0.15, -0.1) is 0 Å². The fraction of sp³-hybridized carbons (Fsp3) is 0.636. The molecule has 9 nitrogen and oxygen atoms in total. The summed E-state index contributed by atoms with van der Waals surface area (Å²) < 4.78 is 33.0. The van der Waals surface area contributed by atoms with E-state index in [1.165, 1.54) is 10.4 Å². The highest BCUT2D eigenvalue weighted by Crippen LogP contribution is 2.32. The van der Waals surface area contributed by atoms with Gasteiger partial charge in [-0.1, -0.05) is 0 Å². The van der Waals surface area contributed by atoms with E-state index < -0.39 is 15.9 Å². The van der Waals surface area contributed by atoms with E-state index in [2.05, 4.69) is 10.2 Å². The van der Waals surface area contributed by atoms with Gasteiger partial charge in [0.15, 0.2) is 0 Å². The number of hydrogen-bond donors (Lipinski definition) is 1. The lowest BCUT2D eigenvalue weighted by atomic mass is 10.1. The molecule has 1 aromatic rings. The molecule has 0 aliphatic carbocycles. The van der Waals surface area contributed by atoms with Crippen molar-refractivity contribution in [1.29, 1.82) is 0 Å². The van der Waals surface area contributed by atoms with Crippen LogP contribution in [-0.4, -0.2) is 81.4 Å². The first-order valence-corrected chi connectivity index (χ1v) is 12.7. The van der Waals surface area contributed by atoms with Gasteiger partial charge < -0.3 is 19.9 Å². The number of nitrogens with one attached hydrogen (secondary N) is 1. The molecule has 1 aromatic carbocycles. The number of sulfonamides is 1. The molecule has 0 saturated carbocycles. The van der Waals surface area contributed by atoms with Crippen molar-refractivity contribution in [3.8, 4) is 0 Å². The summed E-state index contributed by atoms with van der Waals surface area (Å²) >= 11 is 0. The standard InChI is InChI=1S/C22H34N4O5S/c1-5-24(6-2)20-8-7-18(32(29,30)25-9-11-31-12-10-25)14-19(20)23-22(28)17-13-21(27)26(15-17)16(3)4/h7-8,14,16-17H,5-6,9-13,15H2,1-4H3,(H,23,28). The molecule has 0 radical (unpaired) electrons. The number of likely N-dealkylation sites (tertiary alicyclic amines) is 1. The SMILES string of the molecule is CCN(CC)c1ccc(S(=O)(=O)N2CCOCC2)cc1NC(=O)C1CC(=O)N(C(C)C)C1. The number of amides is 2. The first kappa shape index (κ1) is 24.5. The van der Waals surface area contributed by atoms with Crippen molar-refractivity contribution < 1.29 is 22.7 Å².